The minimum atomic E-state index is 0.549. The van der Waals surface area contributed by atoms with Crippen molar-refractivity contribution < 1.29 is 0 Å². The SMILES string of the molecule is c1nncc2c[se]cc12. The Labute approximate surface area is 58.3 Å². The van der Waals surface area contributed by atoms with Crippen molar-refractivity contribution in [1.29, 1.82) is 0 Å². The van der Waals surface area contributed by atoms with Crippen molar-refractivity contribution in [2.24, 2.45) is 0 Å². The average Bonchev–Trinajstić information content (AvgIpc) is 2.33. The second-order valence-electron chi connectivity index (χ2n) is 1.77. The molecule has 0 N–H and O–H groups in total. The van der Waals surface area contributed by atoms with Crippen molar-refractivity contribution in [1.82, 2.24) is 10.2 Å². The zero-order valence-corrected chi connectivity index (χ0v) is 6.33. The third kappa shape index (κ3) is 0.784. The van der Waals surface area contributed by atoms with Gasteiger partial charge in [0.2, 0.25) is 0 Å². The molecule has 2 nitrogen and oxygen atoms in total. The predicted molar refractivity (Wildman–Crippen MR) is 36.5 cm³/mol. The van der Waals surface area contributed by atoms with E-state index in [2.05, 4.69) is 20.1 Å². The molecule has 0 aromatic carbocycles. The van der Waals surface area contributed by atoms with Gasteiger partial charge in [-0.15, -0.1) is 0 Å². The Morgan fingerprint density at radius 2 is 1.56 bits per heavy atom. The van der Waals surface area contributed by atoms with Crippen LogP contribution in [0.1, 0.15) is 0 Å². The molecule has 0 bridgehead atoms. The number of hydrogen-bond donors (Lipinski definition) is 0. The van der Waals surface area contributed by atoms with Gasteiger partial charge in [0, 0.05) is 0 Å². The molecular formula is C6H4N2Se. The summed E-state index contributed by atoms with van der Waals surface area (Å²) >= 11 is 0.549. The molecule has 0 radical (unpaired) electrons. The van der Waals surface area contributed by atoms with Gasteiger partial charge in [0.25, 0.3) is 0 Å². The Bertz CT molecular complexity index is 285. The maximum absolute atomic E-state index is 3.77. The normalized spacial score (nSPS) is 10.2. The van der Waals surface area contributed by atoms with E-state index < -0.39 is 0 Å². The molecule has 2 aromatic rings. The third-order valence-corrected chi connectivity index (χ3v) is 2.82. The summed E-state index contributed by atoms with van der Waals surface area (Å²) in [5, 5.41) is 10.0. The molecule has 0 spiro atoms. The molecule has 0 saturated heterocycles. The van der Waals surface area contributed by atoms with Crippen LogP contribution in [0.2, 0.25) is 0 Å². The minimum absolute atomic E-state index is 0.549. The summed E-state index contributed by atoms with van der Waals surface area (Å²) in [6, 6.07) is 0. The van der Waals surface area contributed by atoms with E-state index in [1.54, 1.807) is 12.4 Å². The van der Waals surface area contributed by atoms with Crippen LogP contribution in [0.5, 0.6) is 0 Å². The van der Waals surface area contributed by atoms with Crippen LogP contribution in [-0.2, 0) is 0 Å². The van der Waals surface area contributed by atoms with E-state index in [1.165, 1.54) is 10.8 Å². The molecular weight excluding hydrogens is 179 g/mol. The van der Waals surface area contributed by atoms with E-state index >= 15 is 0 Å². The summed E-state index contributed by atoms with van der Waals surface area (Å²) in [4.78, 5) is 4.41. The first-order valence-corrected chi connectivity index (χ1v) is 4.57. The van der Waals surface area contributed by atoms with Crippen LogP contribution in [-0.4, -0.2) is 24.7 Å². The summed E-state index contributed by atoms with van der Waals surface area (Å²) < 4.78 is 0. The van der Waals surface area contributed by atoms with Crippen molar-refractivity contribution in [2.45, 2.75) is 0 Å². The van der Waals surface area contributed by atoms with Crippen molar-refractivity contribution in [3.05, 3.63) is 22.3 Å². The number of nitrogens with zero attached hydrogens (tertiary/aromatic N) is 2. The van der Waals surface area contributed by atoms with E-state index in [1.807, 2.05) is 0 Å². The molecule has 0 aliphatic rings. The topological polar surface area (TPSA) is 25.8 Å². The van der Waals surface area contributed by atoms with E-state index in [-0.39, 0.29) is 0 Å². The summed E-state index contributed by atoms with van der Waals surface area (Å²) in [6.07, 6.45) is 3.61. The first kappa shape index (κ1) is 5.15. The van der Waals surface area contributed by atoms with Crippen LogP contribution < -0.4 is 0 Å². The van der Waals surface area contributed by atoms with Gasteiger partial charge in [-0.25, -0.2) is 0 Å². The Morgan fingerprint density at radius 3 is 2.11 bits per heavy atom. The summed E-state index contributed by atoms with van der Waals surface area (Å²) in [6.45, 7) is 0. The fourth-order valence-electron chi connectivity index (χ4n) is 0.718. The van der Waals surface area contributed by atoms with Crippen molar-refractivity contribution in [2.75, 3.05) is 0 Å². The standard InChI is InChI=1S/C6H4N2Se/c1-5-3-9-4-6(5)2-8-7-1/h1-4H. The van der Waals surface area contributed by atoms with Gasteiger partial charge in [-0.3, -0.25) is 0 Å². The predicted octanol–water partition coefficient (Wildman–Crippen LogP) is 0.687. The molecule has 0 unspecified atom stereocenters. The first-order valence-electron chi connectivity index (χ1n) is 2.59. The fourth-order valence-corrected chi connectivity index (χ4v) is 2.30. The van der Waals surface area contributed by atoms with Crippen LogP contribution in [0.3, 0.4) is 0 Å². The van der Waals surface area contributed by atoms with Crippen LogP contribution in [0.15, 0.2) is 22.3 Å². The number of rotatable bonds is 0. The first-order chi connectivity index (χ1) is 4.47. The Hall–Kier alpha value is -0.661. The van der Waals surface area contributed by atoms with Crippen LogP contribution in [0, 0.1) is 0 Å². The molecule has 0 atom stereocenters. The van der Waals surface area contributed by atoms with E-state index in [4.69, 9.17) is 0 Å². The Kier molecular flexibility index (Phi) is 1.11. The molecule has 2 rings (SSSR count). The zero-order chi connectivity index (χ0) is 6.10. The summed E-state index contributed by atoms with van der Waals surface area (Å²) in [7, 11) is 0. The molecule has 2 heterocycles. The summed E-state index contributed by atoms with van der Waals surface area (Å²) in [5.74, 6) is 0. The van der Waals surface area contributed by atoms with Crippen molar-refractivity contribution in [3.63, 3.8) is 0 Å². The zero-order valence-electron chi connectivity index (χ0n) is 4.61. The molecule has 0 aliphatic carbocycles. The molecule has 9 heavy (non-hydrogen) atoms. The van der Waals surface area contributed by atoms with Crippen LogP contribution in [0.4, 0.5) is 0 Å². The van der Waals surface area contributed by atoms with Gasteiger partial charge in [0.15, 0.2) is 0 Å². The average molecular weight is 183 g/mol. The van der Waals surface area contributed by atoms with Crippen molar-refractivity contribution in [3.8, 4) is 0 Å². The van der Waals surface area contributed by atoms with E-state index in [9.17, 15) is 0 Å². The third-order valence-electron chi connectivity index (χ3n) is 1.18. The van der Waals surface area contributed by atoms with Gasteiger partial charge < -0.3 is 0 Å². The molecule has 0 amide bonds. The molecule has 0 aliphatic heterocycles. The fraction of sp³-hybridized carbons (Fsp3) is 0. The molecule has 0 saturated carbocycles. The van der Waals surface area contributed by atoms with E-state index in [0.29, 0.717) is 14.5 Å². The molecule has 3 heteroatoms. The summed E-state index contributed by atoms with van der Waals surface area (Å²) in [5.41, 5.74) is 0. The molecule has 2 aromatic heterocycles. The Morgan fingerprint density at radius 1 is 1.00 bits per heavy atom. The van der Waals surface area contributed by atoms with Gasteiger partial charge in [-0.05, 0) is 0 Å². The second kappa shape index (κ2) is 1.94. The number of hydrogen-bond acceptors (Lipinski definition) is 2. The van der Waals surface area contributed by atoms with Gasteiger partial charge in [-0.1, -0.05) is 0 Å². The van der Waals surface area contributed by atoms with Gasteiger partial charge in [0.1, 0.15) is 0 Å². The number of aromatic nitrogens is 2. The Balaban J connectivity index is 2.95. The quantitative estimate of drug-likeness (QED) is 0.561. The van der Waals surface area contributed by atoms with E-state index in [0.717, 1.165) is 0 Å². The van der Waals surface area contributed by atoms with Crippen LogP contribution in [0.25, 0.3) is 10.8 Å². The van der Waals surface area contributed by atoms with Gasteiger partial charge in [-0.2, -0.15) is 0 Å². The maximum atomic E-state index is 3.77. The van der Waals surface area contributed by atoms with Crippen molar-refractivity contribution >= 4 is 25.3 Å². The molecule has 44 valence electrons. The second-order valence-corrected chi connectivity index (χ2v) is 3.33. The monoisotopic (exact) mass is 184 g/mol. The van der Waals surface area contributed by atoms with Gasteiger partial charge in [0.05, 0.1) is 0 Å². The van der Waals surface area contributed by atoms with Crippen LogP contribution >= 0.6 is 0 Å². The molecule has 0 fully saturated rings. The van der Waals surface area contributed by atoms with Gasteiger partial charge >= 0.3 is 57.7 Å². The number of fused-ring (bicyclic) bond motifs is 1.